The molecule has 1 unspecified atom stereocenters. The van der Waals surface area contributed by atoms with Gasteiger partial charge in [-0.2, -0.15) is 10.2 Å². The lowest BCUT2D eigenvalue weighted by Gasteiger charge is -2.20. The van der Waals surface area contributed by atoms with Crippen molar-refractivity contribution >= 4 is 34.6 Å². The van der Waals surface area contributed by atoms with Gasteiger partial charge in [-0.3, -0.25) is 18.8 Å². The number of hydrogen-bond acceptors (Lipinski definition) is 6. The first-order valence-corrected chi connectivity index (χ1v) is 12.8. The van der Waals surface area contributed by atoms with Crippen molar-refractivity contribution in [2.45, 2.75) is 19.9 Å². The van der Waals surface area contributed by atoms with Crippen LogP contribution in [0.25, 0.3) is 34.4 Å². The van der Waals surface area contributed by atoms with Crippen LogP contribution in [-0.2, 0) is 7.05 Å². The summed E-state index contributed by atoms with van der Waals surface area (Å²) in [6.07, 6.45) is 8.96. The first kappa shape index (κ1) is 24.9. The van der Waals surface area contributed by atoms with E-state index in [0.29, 0.717) is 39.3 Å². The van der Waals surface area contributed by atoms with E-state index in [-0.39, 0.29) is 11.5 Å². The summed E-state index contributed by atoms with van der Waals surface area (Å²) in [5, 5.41) is 12.3. The quantitative estimate of drug-likeness (QED) is 0.347. The summed E-state index contributed by atoms with van der Waals surface area (Å²) in [6, 6.07) is 17.9. The summed E-state index contributed by atoms with van der Waals surface area (Å²) in [5.74, 6) is 0.0599. The molecule has 1 N–H and O–H groups in total. The number of carbonyl (C=O) groups excluding carboxylic acids is 1. The zero-order valence-electron chi connectivity index (χ0n) is 22.2. The first-order valence-electron chi connectivity index (χ1n) is 12.8. The molecule has 0 aliphatic carbocycles. The van der Waals surface area contributed by atoms with Crippen molar-refractivity contribution in [3.05, 3.63) is 118 Å². The zero-order valence-corrected chi connectivity index (χ0v) is 22.2. The Labute approximate surface area is 229 Å². The van der Waals surface area contributed by atoms with Gasteiger partial charge in [0.05, 0.1) is 34.0 Å². The average molecular weight is 531 g/mol. The van der Waals surface area contributed by atoms with Crippen molar-refractivity contribution in [2.24, 2.45) is 7.05 Å². The van der Waals surface area contributed by atoms with Crippen molar-refractivity contribution in [1.82, 2.24) is 39.2 Å². The number of aryl methyl sites for hydroxylation is 2. The van der Waals surface area contributed by atoms with Gasteiger partial charge in [-0.15, -0.1) is 0 Å². The van der Waals surface area contributed by atoms with Crippen LogP contribution in [0.5, 0.6) is 0 Å². The molecule has 0 saturated carbocycles. The summed E-state index contributed by atoms with van der Waals surface area (Å²) in [5.41, 5.74) is 3.84. The Bertz CT molecular complexity index is 1970. The molecular formula is C30H26N8O2. The van der Waals surface area contributed by atoms with Gasteiger partial charge in [-0.1, -0.05) is 36.4 Å². The third-order valence-electron chi connectivity index (χ3n) is 6.67. The lowest BCUT2D eigenvalue weighted by molar-refractivity contribution is 0.0938. The van der Waals surface area contributed by atoms with Crippen LogP contribution in [-0.4, -0.2) is 39.8 Å². The van der Waals surface area contributed by atoms with E-state index in [4.69, 9.17) is 4.98 Å². The molecule has 1 amide bonds. The van der Waals surface area contributed by atoms with Gasteiger partial charge in [0.1, 0.15) is 11.4 Å². The molecule has 0 fully saturated rings. The number of nitrogens with zero attached hydrogens (tertiary/aromatic N) is 7. The van der Waals surface area contributed by atoms with Gasteiger partial charge in [0.25, 0.3) is 11.5 Å². The number of benzene rings is 2. The van der Waals surface area contributed by atoms with Crippen LogP contribution in [0.15, 0.2) is 84.0 Å². The molecule has 10 heteroatoms. The summed E-state index contributed by atoms with van der Waals surface area (Å²) >= 11 is 0. The third kappa shape index (κ3) is 4.45. The average Bonchev–Trinajstić information content (AvgIpc) is 3.53. The summed E-state index contributed by atoms with van der Waals surface area (Å²) in [4.78, 5) is 36.9. The smallest absolute Gasteiger partial charge is 0.266 e. The number of carbonyl (C=O) groups is 1. The Morgan fingerprint density at radius 3 is 2.58 bits per heavy atom. The molecule has 10 nitrogen and oxygen atoms in total. The van der Waals surface area contributed by atoms with Crippen molar-refractivity contribution in [3.8, 4) is 5.69 Å². The Hall–Kier alpha value is -5.38. The summed E-state index contributed by atoms with van der Waals surface area (Å²) < 4.78 is 4.86. The van der Waals surface area contributed by atoms with Gasteiger partial charge >= 0.3 is 0 Å². The van der Waals surface area contributed by atoms with Crippen molar-refractivity contribution < 1.29 is 4.79 Å². The minimum absolute atomic E-state index is 0.234. The fourth-order valence-corrected chi connectivity index (χ4v) is 4.82. The maximum Gasteiger partial charge on any atom is 0.266 e. The van der Waals surface area contributed by atoms with E-state index in [2.05, 4.69) is 20.5 Å². The lowest BCUT2D eigenvalue weighted by Crippen LogP contribution is -2.33. The van der Waals surface area contributed by atoms with Crippen LogP contribution in [0.4, 0.5) is 0 Å². The third-order valence-corrected chi connectivity index (χ3v) is 6.67. The number of nitrogens with one attached hydrogen (secondary N) is 1. The van der Waals surface area contributed by atoms with E-state index >= 15 is 0 Å². The minimum atomic E-state index is -0.615. The van der Waals surface area contributed by atoms with Crippen molar-refractivity contribution in [3.63, 3.8) is 0 Å². The highest BCUT2D eigenvalue weighted by Crippen LogP contribution is 2.22. The van der Waals surface area contributed by atoms with E-state index in [1.165, 1.54) is 0 Å². The van der Waals surface area contributed by atoms with Crippen LogP contribution in [0.2, 0.25) is 0 Å². The molecule has 0 aliphatic heterocycles. The lowest BCUT2D eigenvalue weighted by atomic mass is 10.1. The normalized spacial score (nSPS) is 12.4. The number of aromatic nitrogens is 7. The van der Waals surface area contributed by atoms with Gasteiger partial charge in [0, 0.05) is 25.6 Å². The second-order valence-electron chi connectivity index (χ2n) is 9.48. The molecule has 198 valence electrons. The number of fused-ring (bicyclic) bond motifs is 2. The molecule has 4 aromatic heterocycles. The van der Waals surface area contributed by atoms with Crippen molar-refractivity contribution in [1.29, 1.82) is 0 Å². The molecule has 0 bridgehead atoms. The van der Waals surface area contributed by atoms with E-state index in [9.17, 15) is 9.59 Å². The molecule has 0 spiro atoms. The second kappa shape index (κ2) is 10.1. The minimum Gasteiger partial charge on any atom is -0.342 e. The Kier molecular flexibility index (Phi) is 6.27. The highest BCUT2D eigenvalue weighted by molar-refractivity contribution is 6.01. The highest BCUT2D eigenvalue weighted by Gasteiger charge is 2.24. The van der Waals surface area contributed by atoms with E-state index in [1.807, 2.05) is 86.9 Å². The molecule has 0 aliphatic rings. The number of para-hydroxylation sites is 1. The second-order valence-corrected chi connectivity index (χ2v) is 9.48. The van der Waals surface area contributed by atoms with E-state index in [1.54, 1.807) is 39.1 Å². The predicted molar refractivity (Wildman–Crippen MR) is 153 cm³/mol. The number of amides is 1. The first-order chi connectivity index (χ1) is 19.4. The topological polar surface area (TPSA) is 112 Å². The Morgan fingerprint density at radius 1 is 0.975 bits per heavy atom. The zero-order chi connectivity index (χ0) is 27.8. The maximum absolute atomic E-state index is 14.2. The van der Waals surface area contributed by atoms with Crippen molar-refractivity contribution in [2.75, 3.05) is 0 Å². The van der Waals surface area contributed by atoms with Crippen LogP contribution in [0.3, 0.4) is 0 Å². The standard InChI is InChI=1S/C30H26N8O2/c1-19-25(28-31-16-8-17-37(28)34-19)29(39)32-20(2)27-33-24-12-7-9-21(13-14-22-15-18-36(3)35-22)26(24)30(40)38(27)23-10-5-4-6-11-23/h4-18,20H,1-3H3,(H,32,39)/b14-13+. The van der Waals surface area contributed by atoms with Crippen LogP contribution in [0.1, 0.15) is 46.1 Å². The molecular weight excluding hydrogens is 504 g/mol. The van der Waals surface area contributed by atoms with Crippen LogP contribution in [0, 0.1) is 6.92 Å². The van der Waals surface area contributed by atoms with Gasteiger partial charge in [0.15, 0.2) is 5.65 Å². The predicted octanol–water partition coefficient (Wildman–Crippen LogP) is 4.13. The van der Waals surface area contributed by atoms with Gasteiger partial charge < -0.3 is 5.32 Å². The largest absolute Gasteiger partial charge is 0.342 e. The number of hydrogen-bond donors (Lipinski definition) is 1. The fourth-order valence-electron chi connectivity index (χ4n) is 4.82. The molecule has 4 heterocycles. The van der Waals surface area contributed by atoms with E-state index < -0.39 is 6.04 Å². The van der Waals surface area contributed by atoms with Gasteiger partial charge in [-0.25, -0.2) is 14.5 Å². The monoisotopic (exact) mass is 530 g/mol. The summed E-state index contributed by atoms with van der Waals surface area (Å²) in [7, 11) is 1.85. The fraction of sp³-hybridized carbons (Fsp3) is 0.133. The van der Waals surface area contributed by atoms with Gasteiger partial charge in [-0.05, 0) is 55.8 Å². The molecule has 0 radical (unpaired) electrons. The van der Waals surface area contributed by atoms with Crippen LogP contribution >= 0.6 is 0 Å². The summed E-state index contributed by atoms with van der Waals surface area (Å²) in [6.45, 7) is 3.58. The number of rotatable bonds is 6. The molecule has 1 atom stereocenters. The maximum atomic E-state index is 14.2. The van der Waals surface area contributed by atoms with Gasteiger partial charge in [0.2, 0.25) is 0 Å². The molecule has 6 rings (SSSR count). The van der Waals surface area contributed by atoms with E-state index in [0.717, 1.165) is 11.3 Å². The molecule has 0 saturated heterocycles. The molecule has 40 heavy (non-hydrogen) atoms. The molecule has 6 aromatic rings. The highest BCUT2D eigenvalue weighted by atomic mass is 16.2. The molecule has 2 aromatic carbocycles. The SMILES string of the molecule is Cc1nn2cccnc2c1C(=O)NC(C)c1nc2cccc(/C=C/c3ccn(C)n3)c2c(=O)n1-c1ccccc1. The van der Waals surface area contributed by atoms with Crippen LogP contribution < -0.4 is 10.9 Å². The Balaban J connectivity index is 1.46. The Morgan fingerprint density at radius 2 is 1.80 bits per heavy atom.